The SMILES string of the molecule is CC(C)(C)C(=O)[O-].CCOC(=O)c1[c]c(OC(=O)OC(C)(C)C)ccc1.[Zn]. The van der Waals surface area contributed by atoms with E-state index in [2.05, 4.69) is 6.07 Å². The summed E-state index contributed by atoms with van der Waals surface area (Å²) in [5.41, 5.74) is -1.14. The van der Waals surface area contributed by atoms with Crippen LogP contribution in [0.3, 0.4) is 0 Å². The topological polar surface area (TPSA) is 102 Å². The van der Waals surface area contributed by atoms with Gasteiger partial charge in [0.15, 0.2) is 0 Å². The Balaban J connectivity index is 0. The molecule has 147 valence electrons. The largest absolute Gasteiger partial charge is 0.550 e. The molecule has 0 fully saturated rings. The number of carboxylic acids is 1. The Labute approximate surface area is 173 Å². The Kier molecular flexibility index (Phi) is 11.8. The van der Waals surface area contributed by atoms with Crippen molar-refractivity contribution in [2.45, 2.75) is 54.1 Å². The zero-order valence-electron chi connectivity index (χ0n) is 17.0. The van der Waals surface area contributed by atoms with Crippen molar-refractivity contribution < 1.29 is 53.2 Å². The molecule has 1 aromatic rings. The minimum atomic E-state index is -1.01. The molecular weight excluding hydrogens is 406 g/mol. The van der Waals surface area contributed by atoms with Gasteiger partial charge < -0.3 is 24.1 Å². The van der Waals surface area contributed by atoms with Gasteiger partial charge in [-0.15, -0.1) is 0 Å². The Morgan fingerprint density at radius 2 is 1.59 bits per heavy atom. The standard InChI is InChI=1S/C14H17O5.C5H10O2.Zn/c1-5-17-12(15)10-7-6-8-11(9-10)18-13(16)19-14(2,3)4;1-5(2,3)4(6)7;/h6-8H,5H2,1-4H3;1-3H3,(H,6,7);/p-1. The van der Waals surface area contributed by atoms with Crippen LogP contribution in [0.4, 0.5) is 4.79 Å². The van der Waals surface area contributed by atoms with Crippen LogP contribution in [0.5, 0.6) is 5.75 Å². The summed E-state index contributed by atoms with van der Waals surface area (Å²) < 4.78 is 14.8. The molecule has 0 aliphatic heterocycles. The zero-order chi connectivity index (χ0) is 20.5. The average Bonchev–Trinajstić information content (AvgIpc) is 2.45. The van der Waals surface area contributed by atoms with Crippen molar-refractivity contribution in [3.8, 4) is 5.75 Å². The normalized spacial score (nSPS) is 10.5. The summed E-state index contributed by atoms with van der Waals surface area (Å²) in [5.74, 6) is -1.41. The number of carboxylic acid groups (broad SMARTS) is 1. The molecule has 0 atom stereocenters. The first-order valence-corrected chi connectivity index (χ1v) is 8.08. The molecule has 0 aliphatic carbocycles. The van der Waals surface area contributed by atoms with Gasteiger partial charge in [-0.3, -0.25) is 0 Å². The van der Waals surface area contributed by atoms with Crippen LogP contribution in [0.25, 0.3) is 0 Å². The van der Waals surface area contributed by atoms with E-state index in [1.54, 1.807) is 54.5 Å². The molecule has 0 bridgehead atoms. The Morgan fingerprint density at radius 1 is 1.07 bits per heavy atom. The van der Waals surface area contributed by atoms with Crippen LogP contribution in [0.1, 0.15) is 58.8 Å². The fraction of sp³-hybridized carbons (Fsp3) is 0.526. The molecule has 27 heavy (non-hydrogen) atoms. The van der Waals surface area contributed by atoms with Crippen molar-refractivity contribution in [3.63, 3.8) is 0 Å². The second-order valence-electron chi connectivity index (χ2n) is 7.25. The average molecular weight is 432 g/mol. The third-order valence-corrected chi connectivity index (χ3v) is 2.46. The summed E-state index contributed by atoms with van der Waals surface area (Å²) >= 11 is 0. The van der Waals surface area contributed by atoms with E-state index in [1.165, 1.54) is 12.1 Å². The minimum absolute atomic E-state index is 0. The van der Waals surface area contributed by atoms with Gasteiger partial charge in [0.2, 0.25) is 0 Å². The van der Waals surface area contributed by atoms with Crippen LogP contribution in [-0.2, 0) is 33.7 Å². The van der Waals surface area contributed by atoms with Crippen molar-refractivity contribution in [2.24, 2.45) is 5.41 Å². The maximum Gasteiger partial charge on any atom is 0.514 e. The smallest absolute Gasteiger partial charge is 0.514 e. The maximum atomic E-state index is 11.5. The first kappa shape index (κ1) is 27.3. The van der Waals surface area contributed by atoms with E-state index < -0.39 is 29.1 Å². The van der Waals surface area contributed by atoms with E-state index in [0.29, 0.717) is 0 Å². The number of carbonyl (C=O) groups excluding carboxylic acids is 3. The predicted octanol–water partition coefficient (Wildman–Crippen LogP) is 2.76. The summed E-state index contributed by atoms with van der Waals surface area (Å²) in [5, 5.41) is 9.91. The van der Waals surface area contributed by atoms with Crippen LogP contribution in [0.2, 0.25) is 0 Å². The fourth-order valence-electron chi connectivity index (χ4n) is 1.20. The maximum absolute atomic E-state index is 11.5. The molecule has 1 rings (SSSR count). The van der Waals surface area contributed by atoms with Gasteiger partial charge in [-0.2, -0.15) is 0 Å². The molecule has 0 saturated carbocycles. The van der Waals surface area contributed by atoms with E-state index in [-0.39, 0.29) is 37.4 Å². The predicted molar refractivity (Wildman–Crippen MR) is 92.6 cm³/mol. The third kappa shape index (κ3) is 13.0. The zero-order valence-corrected chi connectivity index (χ0v) is 20.0. The number of esters is 1. The Morgan fingerprint density at radius 3 is 2.00 bits per heavy atom. The molecule has 0 aromatic heterocycles. The van der Waals surface area contributed by atoms with Gasteiger partial charge in [0, 0.05) is 36.9 Å². The monoisotopic (exact) mass is 430 g/mol. The molecule has 0 spiro atoms. The van der Waals surface area contributed by atoms with E-state index in [0.717, 1.165) is 0 Å². The van der Waals surface area contributed by atoms with Gasteiger partial charge in [0.05, 0.1) is 12.2 Å². The number of hydrogen-bond acceptors (Lipinski definition) is 7. The van der Waals surface area contributed by atoms with Crippen molar-refractivity contribution in [3.05, 3.63) is 29.8 Å². The molecule has 0 unspecified atom stereocenters. The first-order valence-electron chi connectivity index (χ1n) is 8.08. The van der Waals surface area contributed by atoms with Gasteiger partial charge in [-0.05, 0) is 39.8 Å². The number of ether oxygens (including phenoxy) is 3. The molecule has 1 aromatic carbocycles. The van der Waals surface area contributed by atoms with Crippen molar-refractivity contribution >= 4 is 18.1 Å². The molecular formula is C19H26O7Zn-. The number of benzene rings is 1. The fourth-order valence-corrected chi connectivity index (χ4v) is 1.20. The quantitative estimate of drug-likeness (QED) is 0.412. The van der Waals surface area contributed by atoms with Crippen molar-refractivity contribution in [2.75, 3.05) is 6.61 Å². The number of hydrogen-bond donors (Lipinski definition) is 0. The Bertz CT molecular complexity index is 628. The molecule has 0 N–H and O–H groups in total. The summed E-state index contributed by atoms with van der Waals surface area (Å²) in [6, 6.07) is 7.25. The van der Waals surface area contributed by atoms with Gasteiger partial charge in [-0.1, -0.05) is 26.8 Å². The van der Waals surface area contributed by atoms with Crippen LogP contribution in [0, 0.1) is 11.5 Å². The number of aliphatic carboxylic acids is 1. The van der Waals surface area contributed by atoms with Crippen LogP contribution in [-0.4, -0.2) is 30.3 Å². The van der Waals surface area contributed by atoms with Crippen LogP contribution in [0.15, 0.2) is 18.2 Å². The molecule has 1 radical (unpaired) electrons. The molecule has 0 aliphatic rings. The van der Waals surface area contributed by atoms with Gasteiger partial charge in [0.25, 0.3) is 0 Å². The van der Waals surface area contributed by atoms with Gasteiger partial charge >= 0.3 is 12.1 Å². The molecule has 0 heterocycles. The minimum Gasteiger partial charge on any atom is -0.550 e. The van der Waals surface area contributed by atoms with Crippen LogP contribution >= 0.6 is 0 Å². The molecule has 0 saturated heterocycles. The first-order chi connectivity index (χ1) is 11.8. The summed E-state index contributed by atoms with van der Waals surface area (Å²) in [7, 11) is 0. The Hall–Kier alpha value is -1.95. The second-order valence-corrected chi connectivity index (χ2v) is 7.25. The molecule has 8 heteroatoms. The van der Waals surface area contributed by atoms with E-state index >= 15 is 0 Å². The molecule has 0 amide bonds. The van der Waals surface area contributed by atoms with Crippen LogP contribution < -0.4 is 9.84 Å². The molecule has 7 nitrogen and oxygen atoms in total. The summed E-state index contributed by atoms with van der Waals surface area (Å²) in [6.45, 7) is 12.0. The van der Waals surface area contributed by atoms with Gasteiger partial charge in [-0.25, -0.2) is 9.59 Å². The van der Waals surface area contributed by atoms with Gasteiger partial charge in [0.1, 0.15) is 11.4 Å². The van der Waals surface area contributed by atoms with E-state index in [4.69, 9.17) is 14.2 Å². The second kappa shape index (κ2) is 11.7. The van der Waals surface area contributed by atoms with E-state index in [1.807, 2.05) is 0 Å². The summed E-state index contributed by atoms with van der Waals surface area (Å²) in [6.07, 6.45) is -0.843. The van der Waals surface area contributed by atoms with Crippen molar-refractivity contribution in [1.29, 1.82) is 0 Å². The van der Waals surface area contributed by atoms with E-state index in [9.17, 15) is 19.5 Å². The third-order valence-electron chi connectivity index (χ3n) is 2.46. The van der Waals surface area contributed by atoms with Crippen molar-refractivity contribution in [1.82, 2.24) is 0 Å². The number of carbonyl (C=O) groups is 3. The summed E-state index contributed by atoms with van der Waals surface area (Å²) in [4.78, 5) is 32.9. The number of rotatable bonds is 3.